The van der Waals surface area contributed by atoms with Crippen LogP contribution in [-0.4, -0.2) is 38.9 Å². The molecule has 5 heterocycles. The minimum absolute atomic E-state index is 0.579. The molecule has 0 amide bonds. The fourth-order valence-electron chi connectivity index (χ4n) is 3.41. The first-order chi connectivity index (χ1) is 13.6. The van der Waals surface area contributed by atoms with Gasteiger partial charge in [-0.2, -0.15) is 10.2 Å². The summed E-state index contributed by atoms with van der Waals surface area (Å²) in [6.45, 7) is 1.74. The maximum absolute atomic E-state index is 9.95. The summed E-state index contributed by atoms with van der Waals surface area (Å²) in [5.41, 5.74) is 6.27. The van der Waals surface area contributed by atoms with Gasteiger partial charge >= 0.3 is 0 Å². The number of nitrogens with zero attached hydrogens (tertiary/aromatic N) is 7. The van der Waals surface area contributed by atoms with Crippen LogP contribution in [0.4, 0.5) is 0 Å². The highest BCUT2D eigenvalue weighted by Crippen LogP contribution is 2.20. The van der Waals surface area contributed by atoms with Gasteiger partial charge in [-0.1, -0.05) is 6.07 Å². The summed E-state index contributed by atoms with van der Waals surface area (Å²) < 4.78 is 5.56. The maximum atomic E-state index is 9.95. The molecule has 0 saturated heterocycles. The lowest BCUT2D eigenvalue weighted by molar-refractivity contribution is 0.193. The second-order valence-electron chi connectivity index (χ2n) is 6.94. The molecule has 0 aromatic carbocycles. The first-order valence-corrected chi connectivity index (χ1v) is 9.05. The fraction of sp³-hybridized carbons (Fsp3) is 0.200. The molecule has 5 rings (SSSR count). The van der Waals surface area contributed by atoms with Crippen molar-refractivity contribution in [2.24, 2.45) is 7.05 Å². The Hall–Kier alpha value is -3.52. The maximum Gasteiger partial charge on any atom is 0.153 e. The molecule has 0 fully saturated rings. The van der Waals surface area contributed by atoms with Gasteiger partial charge in [-0.25, -0.2) is 14.5 Å². The molecule has 0 aliphatic rings. The standard InChI is InChI=1S/C20H19N7O/c1-13(28)18-10-22-19-5-3-14(11-26(18)19)7-16-9-21-20-6-4-17(24-27(16)20)15-8-23-25(2)12-15/h3-6,8-13,28H,7H2,1-2H3. The molecule has 1 atom stereocenters. The highest BCUT2D eigenvalue weighted by molar-refractivity contribution is 5.58. The van der Waals surface area contributed by atoms with Gasteiger partial charge in [0.2, 0.25) is 0 Å². The topological polar surface area (TPSA) is 85.5 Å². The Morgan fingerprint density at radius 1 is 1.00 bits per heavy atom. The molecule has 28 heavy (non-hydrogen) atoms. The summed E-state index contributed by atoms with van der Waals surface area (Å²) in [7, 11) is 1.89. The van der Waals surface area contributed by atoms with E-state index in [2.05, 4.69) is 15.1 Å². The van der Waals surface area contributed by atoms with E-state index in [0.717, 1.165) is 39.5 Å². The molecule has 0 bridgehead atoms. The second kappa shape index (κ2) is 6.28. The molecule has 0 aliphatic carbocycles. The van der Waals surface area contributed by atoms with Crippen LogP contribution in [0.15, 0.2) is 55.2 Å². The molecule has 140 valence electrons. The van der Waals surface area contributed by atoms with Crippen LogP contribution in [0.1, 0.15) is 30.0 Å². The van der Waals surface area contributed by atoms with Crippen LogP contribution in [0.3, 0.4) is 0 Å². The van der Waals surface area contributed by atoms with Crippen molar-refractivity contribution in [1.29, 1.82) is 0 Å². The summed E-state index contributed by atoms with van der Waals surface area (Å²) in [5, 5.41) is 18.9. The molecule has 0 aliphatic heterocycles. The summed E-state index contributed by atoms with van der Waals surface area (Å²) in [6.07, 6.45) is 9.39. The average molecular weight is 373 g/mol. The van der Waals surface area contributed by atoms with Crippen molar-refractivity contribution in [3.05, 3.63) is 72.2 Å². The van der Waals surface area contributed by atoms with Gasteiger partial charge in [0.05, 0.1) is 41.8 Å². The van der Waals surface area contributed by atoms with Crippen LogP contribution in [0.25, 0.3) is 22.6 Å². The number of rotatable bonds is 4. The van der Waals surface area contributed by atoms with Gasteiger partial charge in [-0.3, -0.25) is 4.68 Å². The lowest BCUT2D eigenvalue weighted by Gasteiger charge is -2.07. The predicted octanol–water partition coefficient (Wildman–Crippen LogP) is 2.42. The van der Waals surface area contributed by atoms with Crippen LogP contribution in [0.5, 0.6) is 0 Å². The van der Waals surface area contributed by atoms with Crippen molar-refractivity contribution in [2.75, 3.05) is 0 Å². The molecule has 5 aromatic heterocycles. The first kappa shape index (κ1) is 16.6. The number of imidazole rings is 2. The van der Waals surface area contributed by atoms with Crippen molar-refractivity contribution in [3.8, 4) is 11.3 Å². The van der Waals surface area contributed by atoms with Crippen LogP contribution < -0.4 is 0 Å². The van der Waals surface area contributed by atoms with E-state index in [1.54, 1.807) is 24.0 Å². The van der Waals surface area contributed by atoms with Gasteiger partial charge in [0.15, 0.2) is 5.65 Å². The SMILES string of the molecule is CC(O)c1cnc2ccc(Cc3cnc4ccc(-c5cnn(C)c5)nn34)cn12. The van der Waals surface area contributed by atoms with E-state index < -0.39 is 6.10 Å². The lowest BCUT2D eigenvalue weighted by Crippen LogP contribution is -2.02. The van der Waals surface area contributed by atoms with Crippen molar-refractivity contribution in [3.63, 3.8) is 0 Å². The molecule has 1 N–H and O–H groups in total. The molecule has 0 spiro atoms. The zero-order valence-corrected chi connectivity index (χ0v) is 15.6. The van der Waals surface area contributed by atoms with Crippen molar-refractivity contribution in [1.82, 2.24) is 33.8 Å². The summed E-state index contributed by atoms with van der Waals surface area (Å²) in [4.78, 5) is 8.81. The first-order valence-electron chi connectivity index (χ1n) is 9.05. The predicted molar refractivity (Wildman–Crippen MR) is 104 cm³/mol. The number of aromatic nitrogens is 7. The molecule has 5 aromatic rings. The van der Waals surface area contributed by atoms with Crippen molar-refractivity contribution >= 4 is 11.3 Å². The van der Waals surface area contributed by atoms with E-state index in [4.69, 9.17) is 5.10 Å². The van der Waals surface area contributed by atoms with Gasteiger partial charge in [0.1, 0.15) is 5.65 Å². The van der Waals surface area contributed by atoms with Crippen LogP contribution in [0, 0.1) is 0 Å². The highest BCUT2D eigenvalue weighted by Gasteiger charge is 2.12. The van der Waals surface area contributed by atoms with E-state index in [9.17, 15) is 5.11 Å². The van der Waals surface area contributed by atoms with E-state index in [1.165, 1.54) is 0 Å². The van der Waals surface area contributed by atoms with Crippen LogP contribution in [0.2, 0.25) is 0 Å². The third kappa shape index (κ3) is 2.74. The fourth-order valence-corrected chi connectivity index (χ4v) is 3.41. The number of hydrogen-bond donors (Lipinski definition) is 1. The van der Waals surface area contributed by atoms with Crippen molar-refractivity contribution in [2.45, 2.75) is 19.4 Å². The lowest BCUT2D eigenvalue weighted by atomic mass is 10.1. The van der Waals surface area contributed by atoms with Crippen molar-refractivity contribution < 1.29 is 5.11 Å². The Morgan fingerprint density at radius 2 is 1.82 bits per heavy atom. The van der Waals surface area contributed by atoms with E-state index in [-0.39, 0.29) is 0 Å². The number of aryl methyl sites for hydroxylation is 1. The number of fused-ring (bicyclic) bond motifs is 2. The molecule has 0 saturated carbocycles. The van der Waals surface area contributed by atoms with Crippen LogP contribution >= 0.6 is 0 Å². The van der Waals surface area contributed by atoms with Gasteiger partial charge in [-0.15, -0.1) is 0 Å². The number of hydrogen-bond acceptors (Lipinski definition) is 5. The Labute approximate surface area is 160 Å². The zero-order chi connectivity index (χ0) is 19.3. The Kier molecular flexibility index (Phi) is 3.73. The average Bonchev–Trinajstić information content (AvgIpc) is 3.40. The van der Waals surface area contributed by atoms with Gasteiger partial charge in [0.25, 0.3) is 0 Å². The van der Waals surface area contributed by atoms with Crippen LogP contribution in [-0.2, 0) is 13.5 Å². The third-order valence-electron chi connectivity index (χ3n) is 4.84. The minimum atomic E-state index is -0.579. The molecule has 8 nitrogen and oxygen atoms in total. The van der Waals surface area contributed by atoms with E-state index in [0.29, 0.717) is 6.42 Å². The Balaban J connectivity index is 1.54. The second-order valence-corrected chi connectivity index (χ2v) is 6.94. The molecular formula is C20H19N7O. The quantitative estimate of drug-likeness (QED) is 0.523. The highest BCUT2D eigenvalue weighted by atomic mass is 16.3. The summed E-state index contributed by atoms with van der Waals surface area (Å²) >= 11 is 0. The Bertz CT molecular complexity index is 1290. The minimum Gasteiger partial charge on any atom is -0.387 e. The Morgan fingerprint density at radius 3 is 2.61 bits per heavy atom. The molecule has 8 heteroatoms. The monoisotopic (exact) mass is 373 g/mol. The third-order valence-corrected chi connectivity index (χ3v) is 4.84. The van der Waals surface area contributed by atoms with E-state index >= 15 is 0 Å². The van der Waals surface area contributed by atoms with Gasteiger partial charge < -0.3 is 9.51 Å². The molecule has 1 unspecified atom stereocenters. The zero-order valence-electron chi connectivity index (χ0n) is 15.6. The largest absolute Gasteiger partial charge is 0.387 e. The number of aliphatic hydroxyl groups is 1. The molecule has 0 radical (unpaired) electrons. The van der Waals surface area contributed by atoms with Gasteiger partial charge in [-0.05, 0) is 30.7 Å². The normalized spacial score (nSPS) is 12.8. The molecular weight excluding hydrogens is 354 g/mol. The van der Waals surface area contributed by atoms with E-state index in [1.807, 2.05) is 58.8 Å². The summed E-state index contributed by atoms with van der Waals surface area (Å²) in [6, 6.07) is 7.91. The summed E-state index contributed by atoms with van der Waals surface area (Å²) in [5.74, 6) is 0. The number of pyridine rings is 1. The van der Waals surface area contributed by atoms with Gasteiger partial charge in [0, 0.05) is 31.4 Å². The smallest absolute Gasteiger partial charge is 0.153 e. The number of aliphatic hydroxyl groups excluding tert-OH is 1.